The minimum atomic E-state index is -0.255. The number of amides is 2. The molecule has 5 nitrogen and oxygen atoms in total. The molecule has 2 aliphatic heterocycles. The molecule has 0 saturated carbocycles. The van der Waals surface area contributed by atoms with Crippen LogP contribution in [0.3, 0.4) is 0 Å². The number of piperazine rings is 1. The standard InChI is InChI=1S/C28H34FN3O2/c1-3-11-30-12-14-31(15-13-30)28(34)25-18-24(23-9-10-26(29)21(2)16-23)19-32(20-25)27(33)17-22-7-5-4-6-8-22/h3-10,16,24-25H,1,11-15,17-20H2,2H3. The third kappa shape index (κ3) is 5.73. The van der Waals surface area contributed by atoms with Crippen LogP contribution in [0.4, 0.5) is 4.39 Å². The molecule has 0 aromatic heterocycles. The fraction of sp³-hybridized carbons (Fsp3) is 0.429. The molecule has 4 rings (SSSR count). The first-order valence-corrected chi connectivity index (χ1v) is 12.1. The molecule has 0 aliphatic carbocycles. The van der Waals surface area contributed by atoms with Gasteiger partial charge >= 0.3 is 0 Å². The zero-order valence-electron chi connectivity index (χ0n) is 20.0. The van der Waals surface area contributed by atoms with E-state index in [1.165, 1.54) is 6.07 Å². The van der Waals surface area contributed by atoms with Gasteiger partial charge in [-0.3, -0.25) is 14.5 Å². The predicted octanol–water partition coefficient (Wildman–Crippen LogP) is 3.64. The van der Waals surface area contributed by atoms with E-state index in [1.807, 2.05) is 52.3 Å². The summed E-state index contributed by atoms with van der Waals surface area (Å²) in [6, 6.07) is 14.9. The van der Waals surface area contributed by atoms with Gasteiger partial charge in [-0.15, -0.1) is 6.58 Å². The van der Waals surface area contributed by atoms with E-state index in [2.05, 4.69) is 11.5 Å². The van der Waals surface area contributed by atoms with E-state index in [-0.39, 0.29) is 29.5 Å². The van der Waals surface area contributed by atoms with Crippen LogP contribution in [0.15, 0.2) is 61.2 Å². The summed E-state index contributed by atoms with van der Waals surface area (Å²) < 4.78 is 13.9. The van der Waals surface area contributed by atoms with Crippen molar-refractivity contribution < 1.29 is 14.0 Å². The number of halogens is 1. The van der Waals surface area contributed by atoms with Crippen molar-refractivity contribution in [2.45, 2.75) is 25.7 Å². The van der Waals surface area contributed by atoms with Crippen molar-refractivity contribution in [1.82, 2.24) is 14.7 Å². The number of nitrogens with zero attached hydrogens (tertiary/aromatic N) is 3. The van der Waals surface area contributed by atoms with Gasteiger partial charge in [0.2, 0.25) is 11.8 Å². The molecular formula is C28H34FN3O2. The number of benzene rings is 2. The second-order valence-electron chi connectivity index (χ2n) is 9.51. The minimum Gasteiger partial charge on any atom is -0.341 e. The van der Waals surface area contributed by atoms with Gasteiger partial charge in [0.15, 0.2) is 0 Å². The highest BCUT2D eigenvalue weighted by Crippen LogP contribution is 2.33. The lowest BCUT2D eigenvalue weighted by atomic mass is 9.83. The summed E-state index contributed by atoms with van der Waals surface area (Å²) in [4.78, 5) is 32.9. The summed E-state index contributed by atoms with van der Waals surface area (Å²) >= 11 is 0. The molecule has 0 spiro atoms. The Morgan fingerprint density at radius 1 is 1.03 bits per heavy atom. The Balaban J connectivity index is 1.51. The molecule has 2 unspecified atom stereocenters. The number of hydrogen-bond donors (Lipinski definition) is 0. The summed E-state index contributed by atoms with van der Waals surface area (Å²) in [5.74, 6) is -0.331. The molecule has 2 aliphatic rings. The lowest BCUT2D eigenvalue weighted by molar-refractivity contribution is -0.142. The number of piperidine rings is 1. The fourth-order valence-corrected chi connectivity index (χ4v) is 5.12. The van der Waals surface area contributed by atoms with Gasteiger partial charge in [-0.25, -0.2) is 4.39 Å². The molecular weight excluding hydrogens is 429 g/mol. The van der Waals surface area contributed by atoms with Crippen LogP contribution in [-0.4, -0.2) is 72.3 Å². The first-order valence-electron chi connectivity index (χ1n) is 12.1. The topological polar surface area (TPSA) is 43.9 Å². The van der Waals surface area contributed by atoms with Gasteiger partial charge in [0, 0.05) is 51.7 Å². The summed E-state index contributed by atoms with van der Waals surface area (Å²) in [5.41, 5.74) is 2.55. The Morgan fingerprint density at radius 2 is 1.76 bits per heavy atom. The van der Waals surface area contributed by atoms with Crippen LogP contribution in [-0.2, 0) is 16.0 Å². The van der Waals surface area contributed by atoms with Crippen LogP contribution in [0.1, 0.15) is 29.0 Å². The van der Waals surface area contributed by atoms with E-state index < -0.39 is 0 Å². The number of likely N-dealkylation sites (tertiary alicyclic amines) is 1. The Bertz CT molecular complexity index is 1020. The van der Waals surface area contributed by atoms with Gasteiger partial charge in [-0.05, 0) is 36.1 Å². The second-order valence-corrected chi connectivity index (χ2v) is 9.51. The van der Waals surface area contributed by atoms with Crippen molar-refractivity contribution in [3.63, 3.8) is 0 Å². The van der Waals surface area contributed by atoms with Crippen LogP contribution >= 0.6 is 0 Å². The van der Waals surface area contributed by atoms with Gasteiger partial charge in [0.1, 0.15) is 5.82 Å². The molecule has 2 atom stereocenters. The smallest absolute Gasteiger partial charge is 0.227 e. The quantitative estimate of drug-likeness (QED) is 0.615. The summed E-state index contributed by atoms with van der Waals surface area (Å²) in [6.07, 6.45) is 2.88. The van der Waals surface area contributed by atoms with E-state index >= 15 is 0 Å². The molecule has 34 heavy (non-hydrogen) atoms. The molecule has 0 N–H and O–H groups in total. The Hall–Kier alpha value is -2.99. The molecule has 6 heteroatoms. The third-order valence-electron chi connectivity index (χ3n) is 7.08. The van der Waals surface area contributed by atoms with Crippen LogP contribution < -0.4 is 0 Å². The number of aryl methyl sites for hydroxylation is 1. The van der Waals surface area contributed by atoms with Crippen molar-refractivity contribution in [1.29, 1.82) is 0 Å². The highest BCUT2D eigenvalue weighted by atomic mass is 19.1. The molecule has 2 fully saturated rings. The van der Waals surface area contributed by atoms with Gasteiger partial charge < -0.3 is 9.80 Å². The van der Waals surface area contributed by atoms with Crippen molar-refractivity contribution in [2.24, 2.45) is 5.92 Å². The molecule has 2 saturated heterocycles. The normalized spacial score (nSPS) is 21.4. The number of carbonyl (C=O) groups excluding carboxylic acids is 2. The predicted molar refractivity (Wildman–Crippen MR) is 132 cm³/mol. The first-order chi connectivity index (χ1) is 16.4. The number of hydrogen-bond acceptors (Lipinski definition) is 3. The van der Waals surface area contributed by atoms with E-state index in [4.69, 9.17) is 0 Å². The van der Waals surface area contributed by atoms with E-state index in [0.717, 1.165) is 30.8 Å². The Kier molecular flexibility index (Phi) is 7.78. The third-order valence-corrected chi connectivity index (χ3v) is 7.08. The lowest BCUT2D eigenvalue weighted by Crippen LogP contribution is -2.54. The van der Waals surface area contributed by atoms with Crippen molar-refractivity contribution in [2.75, 3.05) is 45.8 Å². The monoisotopic (exact) mass is 463 g/mol. The highest BCUT2D eigenvalue weighted by molar-refractivity contribution is 5.82. The Labute approximate surface area is 201 Å². The molecule has 0 radical (unpaired) electrons. The maximum absolute atomic E-state index is 13.9. The zero-order valence-corrected chi connectivity index (χ0v) is 20.0. The summed E-state index contributed by atoms with van der Waals surface area (Å²) in [6.45, 7) is 10.4. The van der Waals surface area contributed by atoms with Gasteiger partial charge in [0.05, 0.1) is 12.3 Å². The maximum atomic E-state index is 13.9. The molecule has 2 amide bonds. The minimum absolute atomic E-state index is 0.00350. The van der Waals surface area contributed by atoms with E-state index in [1.54, 1.807) is 13.0 Å². The van der Waals surface area contributed by atoms with Gasteiger partial charge in [-0.2, -0.15) is 0 Å². The number of carbonyl (C=O) groups is 2. The maximum Gasteiger partial charge on any atom is 0.227 e. The second kappa shape index (κ2) is 11.0. The van der Waals surface area contributed by atoms with Gasteiger partial charge in [0.25, 0.3) is 0 Å². The summed E-state index contributed by atoms with van der Waals surface area (Å²) in [5, 5.41) is 0. The first kappa shape index (κ1) is 24.1. The molecule has 180 valence electrons. The van der Waals surface area contributed by atoms with Crippen LogP contribution in [0.2, 0.25) is 0 Å². The van der Waals surface area contributed by atoms with E-state index in [9.17, 15) is 14.0 Å². The molecule has 0 bridgehead atoms. The average Bonchev–Trinajstić information content (AvgIpc) is 2.86. The highest BCUT2D eigenvalue weighted by Gasteiger charge is 2.37. The fourth-order valence-electron chi connectivity index (χ4n) is 5.12. The molecule has 2 aromatic carbocycles. The van der Waals surface area contributed by atoms with Crippen molar-refractivity contribution >= 4 is 11.8 Å². The lowest BCUT2D eigenvalue weighted by Gasteiger charge is -2.41. The summed E-state index contributed by atoms with van der Waals surface area (Å²) in [7, 11) is 0. The molecule has 2 heterocycles. The zero-order chi connectivity index (χ0) is 24.1. The van der Waals surface area contributed by atoms with Crippen LogP contribution in [0.5, 0.6) is 0 Å². The number of rotatable bonds is 6. The van der Waals surface area contributed by atoms with E-state index in [0.29, 0.717) is 44.6 Å². The largest absolute Gasteiger partial charge is 0.341 e. The van der Waals surface area contributed by atoms with Crippen molar-refractivity contribution in [3.05, 3.63) is 83.7 Å². The van der Waals surface area contributed by atoms with Gasteiger partial charge in [-0.1, -0.05) is 48.5 Å². The van der Waals surface area contributed by atoms with Crippen molar-refractivity contribution in [3.8, 4) is 0 Å². The molecule has 2 aromatic rings. The van der Waals surface area contributed by atoms with Crippen LogP contribution in [0, 0.1) is 18.7 Å². The average molecular weight is 464 g/mol. The SMILES string of the molecule is C=CCN1CCN(C(=O)C2CC(c3ccc(F)c(C)c3)CN(C(=O)Cc3ccccc3)C2)CC1. The Morgan fingerprint density at radius 3 is 2.44 bits per heavy atom. The van der Waals surface area contributed by atoms with Crippen LogP contribution in [0.25, 0.3) is 0 Å².